The Morgan fingerprint density at radius 1 is 0.968 bits per heavy atom. The van der Waals surface area contributed by atoms with Crippen LogP contribution in [0, 0.1) is 26.1 Å². The van der Waals surface area contributed by atoms with Gasteiger partial charge < -0.3 is 14.8 Å². The van der Waals surface area contributed by atoms with Crippen LogP contribution in [0.2, 0.25) is 0 Å². The molecule has 160 valence electrons. The third kappa shape index (κ3) is 4.63. The number of nitro groups is 2. The molecule has 1 amide bonds. The van der Waals surface area contributed by atoms with Crippen LogP contribution < -0.4 is 5.32 Å². The molecule has 1 heterocycles. The average Bonchev–Trinajstić information content (AvgIpc) is 2.73. The third-order valence-electron chi connectivity index (χ3n) is 4.52. The van der Waals surface area contributed by atoms with E-state index in [0.717, 1.165) is 12.1 Å². The van der Waals surface area contributed by atoms with E-state index in [1.165, 1.54) is 19.1 Å². The molecule has 2 aromatic carbocycles. The molecule has 0 unspecified atom stereocenters. The second-order valence-electron chi connectivity index (χ2n) is 6.59. The molecule has 0 spiro atoms. The van der Waals surface area contributed by atoms with Crippen molar-refractivity contribution in [1.29, 1.82) is 0 Å². The Morgan fingerprint density at radius 3 is 2.06 bits per heavy atom. The van der Waals surface area contributed by atoms with Crippen LogP contribution in [0.4, 0.5) is 11.4 Å². The monoisotopic (exact) mass is 429 g/mol. The van der Waals surface area contributed by atoms with Gasteiger partial charge in [-0.2, -0.15) is 0 Å². The van der Waals surface area contributed by atoms with Crippen LogP contribution in [0.1, 0.15) is 27.6 Å². The molecule has 12 heteroatoms. The van der Waals surface area contributed by atoms with E-state index in [1.807, 2.05) is 0 Å². The van der Waals surface area contributed by atoms with E-state index in [1.54, 1.807) is 18.2 Å². The number of hydrogen-bond acceptors (Lipinski definition) is 9. The lowest BCUT2D eigenvalue weighted by molar-refractivity contribution is -0.394. The van der Waals surface area contributed by atoms with Crippen molar-refractivity contribution in [3.63, 3.8) is 0 Å². The molecule has 12 nitrogen and oxygen atoms in total. The number of amides is 1. The molecule has 0 bridgehead atoms. The summed E-state index contributed by atoms with van der Waals surface area (Å²) >= 11 is 0. The van der Waals surface area contributed by atoms with E-state index in [4.69, 9.17) is 9.47 Å². The van der Waals surface area contributed by atoms with E-state index in [0.29, 0.717) is 6.07 Å². The Labute approximate surface area is 174 Å². The highest BCUT2D eigenvalue weighted by atomic mass is 16.6. The first-order valence-corrected chi connectivity index (χ1v) is 8.88. The number of esters is 2. The molecule has 0 aliphatic carbocycles. The Balaban J connectivity index is 1.71. The number of nitro benzene ring substituents is 2. The summed E-state index contributed by atoms with van der Waals surface area (Å²) in [5.41, 5.74) is -1.49. The van der Waals surface area contributed by atoms with Gasteiger partial charge in [0.15, 0.2) is 6.23 Å². The fourth-order valence-corrected chi connectivity index (χ4v) is 2.92. The zero-order valence-electron chi connectivity index (χ0n) is 15.9. The SMILES string of the molecule is C[C@@H](OC(=O)c1cc([N+](=O)[O-])cc([N+](=O)[O-])c1)[C@H]1C(=O)N[C@@H]1OC(=O)c1ccccc1. The summed E-state index contributed by atoms with van der Waals surface area (Å²) in [5.74, 6) is -3.35. The fraction of sp³-hybridized carbons (Fsp3) is 0.211. The van der Waals surface area contributed by atoms with Crippen LogP contribution >= 0.6 is 0 Å². The molecule has 31 heavy (non-hydrogen) atoms. The Bertz CT molecular complexity index is 1040. The maximum Gasteiger partial charge on any atom is 0.340 e. The Kier molecular flexibility index (Phi) is 5.90. The lowest BCUT2D eigenvalue weighted by Crippen LogP contribution is -2.64. The smallest absolute Gasteiger partial charge is 0.340 e. The first-order valence-electron chi connectivity index (χ1n) is 8.88. The average molecular weight is 429 g/mol. The number of β-lactam (4-membered cyclic amide) rings is 1. The third-order valence-corrected chi connectivity index (χ3v) is 4.52. The number of benzene rings is 2. The summed E-state index contributed by atoms with van der Waals surface area (Å²) in [4.78, 5) is 56.7. The summed E-state index contributed by atoms with van der Waals surface area (Å²) in [6, 6.07) is 10.4. The summed E-state index contributed by atoms with van der Waals surface area (Å²) in [6.07, 6.45) is -2.14. The van der Waals surface area contributed by atoms with Gasteiger partial charge in [0.1, 0.15) is 12.0 Å². The van der Waals surface area contributed by atoms with Crippen molar-refractivity contribution in [2.45, 2.75) is 19.3 Å². The molecule has 0 aromatic heterocycles. The predicted octanol–water partition coefficient (Wildman–Crippen LogP) is 1.98. The largest absolute Gasteiger partial charge is 0.458 e. The molecule has 0 saturated carbocycles. The van der Waals surface area contributed by atoms with Crippen LogP contribution in [-0.2, 0) is 14.3 Å². The van der Waals surface area contributed by atoms with Crippen LogP contribution in [0.25, 0.3) is 0 Å². The van der Waals surface area contributed by atoms with Crippen molar-refractivity contribution < 1.29 is 33.7 Å². The van der Waals surface area contributed by atoms with E-state index in [2.05, 4.69) is 5.32 Å². The van der Waals surface area contributed by atoms with Crippen molar-refractivity contribution in [1.82, 2.24) is 5.32 Å². The lowest BCUT2D eigenvalue weighted by Gasteiger charge is -2.38. The number of nitrogens with one attached hydrogen (secondary N) is 1. The van der Waals surface area contributed by atoms with Gasteiger partial charge in [0.25, 0.3) is 11.4 Å². The van der Waals surface area contributed by atoms with Gasteiger partial charge in [-0.3, -0.25) is 25.0 Å². The minimum absolute atomic E-state index is 0.260. The Morgan fingerprint density at radius 2 is 1.55 bits per heavy atom. The Hall–Kier alpha value is -4.35. The van der Waals surface area contributed by atoms with Gasteiger partial charge in [0, 0.05) is 12.1 Å². The minimum Gasteiger partial charge on any atom is -0.458 e. The highest BCUT2D eigenvalue weighted by Crippen LogP contribution is 2.27. The molecule has 1 aliphatic rings. The van der Waals surface area contributed by atoms with E-state index >= 15 is 0 Å². The second kappa shape index (κ2) is 8.57. The summed E-state index contributed by atoms with van der Waals surface area (Å²) in [6.45, 7) is 1.37. The minimum atomic E-state index is -1.10. The molecule has 1 fully saturated rings. The van der Waals surface area contributed by atoms with Crippen molar-refractivity contribution in [2.75, 3.05) is 0 Å². The normalized spacial score (nSPS) is 18.2. The fourth-order valence-electron chi connectivity index (χ4n) is 2.92. The topological polar surface area (TPSA) is 168 Å². The highest BCUT2D eigenvalue weighted by Gasteiger charge is 2.47. The zero-order chi connectivity index (χ0) is 22.7. The van der Waals surface area contributed by atoms with Crippen molar-refractivity contribution in [3.8, 4) is 0 Å². The van der Waals surface area contributed by atoms with Gasteiger partial charge >= 0.3 is 11.9 Å². The van der Waals surface area contributed by atoms with Crippen LogP contribution in [0.5, 0.6) is 0 Å². The summed E-state index contributed by atoms with van der Waals surface area (Å²) in [5, 5.41) is 24.3. The van der Waals surface area contributed by atoms with E-state index < -0.39 is 62.9 Å². The highest BCUT2D eigenvalue weighted by molar-refractivity contribution is 5.93. The standard InChI is InChI=1S/C19H15N3O9/c1-10(15-16(23)20-17(15)31-18(24)11-5-3-2-4-6-11)30-19(25)12-7-13(21(26)27)9-14(8-12)22(28)29/h2-10,15,17H,1H3,(H,20,23)/t10-,15+,17-/m1/s1. The van der Waals surface area contributed by atoms with Crippen molar-refractivity contribution in [2.24, 2.45) is 5.92 Å². The van der Waals surface area contributed by atoms with E-state index in [-0.39, 0.29) is 5.56 Å². The van der Waals surface area contributed by atoms with Crippen LogP contribution in [0.15, 0.2) is 48.5 Å². The van der Waals surface area contributed by atoms with Gasteiger partial charge in [0.05, 0.1) is 27.0 Å². The van der Waals surface area contributed by atoms with Crippen molar-refractivity contribution in [3.05, 3.63) is 79.9 Å². The second-order valence-corrected chi connectivity index (χ2v) is 6.59. The molecular formula is C19H15N3O9. The molecule has 1 N–H and O–H groups in total. The number of non-ortho nitro benzene ring substituents is 2. The maximum atomic E-state index is 12.4. The molecule has 3 atom stereocenters. The molecule has 3 rings (SSSR count). The number of rotatable bonds is 7. The maximum absolute atomic E-state index is 12.4. The number of nitrogens with zero attached hydrogens (tertiary/aromatic N) is 2. The van der Waals surface area contributed by atoms with Crippen LogP contribution in [0.3, 0.4) is 0 Å². The molecule has 2 aromatic rings. The number of carbonyl (C=O) groups excluding carboxylic acids is 3. The van der Waals surface area contributed by atoms with Gasteiger partial charge in [-0.15, -0.1) is 0 Å². The molecule has 1 saturated heterocycles. The number of ether oxygens (including phenoxy) is 2. The van der Waals surface area contributed by atoms with E-state index in [9.17, 15) is 34.6 Å². The summed E-state index contributed by atoms with van der Waals surface area (Å²) < 4.78 is 10.4. The first-order chi connectivity index (χ1) is 14.7. The number of carbonyl (C=O) groups is 3. The summed E-state index contributed by atoms with van der Waals surface area (Å²) in [7, 11) is 0. The van der Waals surface area contributed by atoms with Gasteiger partial charge in [-0.25, -0.2) is 9.59 Å². The quantitative estimate of drug-likeness (QED) is 0.299. The number of hydrogen-bond donors (Lipinski definition) is 1. The lowest BCUT2D eigenvalue weighted by atomic mass is 9.93. The van der Waals surface area contributed by atoms with Crippen LogP contribution in [-0.4, -0.2) is 40.0 Å². The molecule has 0 radical (unpaired) electrons. The zero-order valence-corrected chi connectivity index (χ0v) is 15.9. The first kappa shape index (κ1) is 21.4. The van der Waals surface area contributed by atoms with Crippen molar-refractivity contribution >= 4 is 29.2 Å². The van der Waals surface area contributed by atoms with Gasteiger partial charge in [-0.05, 0) is 19.1 Å². The molecule has 1 aliphatic heterocycles. The van der Waals surface area contributed by atoms with Gasteiger partial charge in [0.2, 0.25) is 5.91 Å². The predicted molar refractivity (Wildman–Crippen MR) is 102 cm³/mol. The molecular weight excluding hydrogens is 414 g/mol. The van der Waals surface area contributed by atoms with Gasteiger partial charge in [-0.1, -0.05) is 18.2 Å².